The Kier molecular flexibility index (Phi) is 4.35. The highest BCUT2D eigenvalue weighted by Crippen LogP contribution is 2.20. The third-order valence-corrected chi connectivity index (χ3v) is 3.74. The van der Waals surface area contributed by atoms with Crippen LogP contribution < -0.4 is 4.74 Å². The van der Waals surface area contributed by atoms with Gasteiger partial charge in [0.1, 0.15) is 12.2 Å². The number of carbonyl (C=O) groups excluding carboxylic acids is 1. The van der Waals surface area contributed by atoms with Crippen molar-refractivity contribution in [3.63, 3.8) is 0 Å². The summed E-state index contributed by atoms with van der Waals surface area (Å²) in [5.74, 6) is 0.0860. The van der Waals surface area contributed by atoms with Gasteiger partial charge in [-0.1, -0.05) is 0 Å². The molecule has 1 aliphatic rings. The number of hydrogen-bond acceptors (Lipinski definition) is 6. The van der Waals surface area contributed by atoms with Crippen LogP contribution in [0.3, 0.4) is 0 Å². The molecule has 0 spiro atoms. The first-order valence-electron chi connectivity index (χ1n) is 7.38. The van der Waals surface area contributed by atoms with Crippen LogP contribution in [0.4, 0.5) is 0 Å². The van der Waals surface area contributed by atoms with E-state index in [0.717, 1.165) is 0 Å². The Morgan fingerprint density at radius 1 is 1.17 bits per heavy atom. The zero-order valence-electron chi connectivity index (χ0n) is 12.7. The molecule has 1 atom stereocenters. The maximum atomic E-state index is 12.5. The predicted molar refractivity (Wildman–Crippen MR) is 82.8 cm³/mol. The number of aromatic nitrogens is 2. The molecule has 1 aromatic carbocycles. The van der Waals surface area contributed by atoms with Crippen LogP contribution in [0.1, 0.15) is 28.0 Å². The topological polar surface area (TPSA) is 103 Å². The van der Waals surface area contributed by atoms with Crippen molar-refractivity contribution >= 4 is 5.91 Å². The minimum absolute atomic E-state index is 0.106. The molecule has 7 nitrogen and oxygen atoms in total. The summed E-state index contributed by atoms with van der Waals surface area (Å²) in [4.78, 5) is 22.1. The quantitative estimate of drug-likeness (QED) is 0.849. The number of nitrogens with zero attached hydrogens (tertiary/aromatic N) is 5. The molecule has 0 bridgehead atoms. The van der Waals surface area contributed by atoms with E-state index in [1.807, 2.05) is 12.1 Å². The van der Waals surface area contributed by atoms with Gasteiger partial charge in [-0.3, -0.25) is 4.79 Å². The Morgan fingerprint density at radius 3 is 2.62 bits per heavy atom. The van der Waals surface area contributed by atoms with Gasteiger partial charge in [-0.25, -0.2) is 9.97 Å². The number of carbonyl (C=O) groups is 1. The summed E-state index contributed by atoms with van der Waals surface area (Å²) in [5, 5.41) is 17.8. The van der Waals surface area contributed by atoms with Crippen LogP contribution >= 0.6 is 0 Å². The van der Waals surface area contributed by atoms with Gasteiger partial charge < -0.3 is 9.64 Å². The maximum absolute atomic E-state index is 12.5. The molecule has 1 fully saturated rings. The third kappa shape index (κ3) is 3.16. The molecule has 0 unspecified atom stereocenters. The molecule has 1 aliphatic heterocycles. The lowest BCUT2D eigenvalue weighted by Crippen LogP contribution is -2.31. The second-order valence-corrected chi connectivity index (χ2v) is 5.29. The highest BCUT2D eigenvalue weighted by Gasteiger charge is 2.29. The molecule has 118 valence electrons. The minimum atomic E-state index is -0.226. The molecular formula is C17H13N5O2. The van der Waals surface area contributed by atoms with Crippen molar-refractivity contribution in [2.24, 2.45) is 0 Å². The van der Waals surface area contributed by atoms with Crippen LogP contribution in [0.25, 0.3) is 0 Å². The van der Waals surface area contributed by atoms with Gasteiger partial charge in [0.25, 0.3) is 11.8 Å². The average Bonchev–Trinajstić information content (AvgIpc) is 3.10. The predicted octanol–water partition coefficient (Wildman–Crippen LogP) is 1.51. The van der Waals surface area contributed by atoms with Crippen molar-refractivity contribution in [2.75, 3.05) is 13.1 Å². The highest BCUT2D eigenvalue weighted by atomic mass is 16.5. The fraction of sp³-hybridized carbons (Fsp3) is 0.235. The summed E-state index contributed by atoms with van der Waals surface area (Å²) in [7, 11) is 0. The Bertz CT molecular complexity index is 835. The Balaban J connectivity index is 1.65. The Hall–Kier alpha value is -3.45. The van der Waals surface area contributed by atoms with Gasteiger partial charge in [-0.05, 0) is 24.3 Å². The molecule has 1 aromatic heterocycles. The van der Waals surface area contributed by atoms with E-state index in [1.165, 1.54) is 12.4 Å². The number of likely N-dealkylation sites (tertiary alicyclic amines) is 1. The van der Waals surface area contributed by atoms with E-state index in [1.54, 1.807) is 29.2 Å². The van der Waals surface area contributed by atoms with E-state index in [0.29, 0.717) is 30.6 Å². The van der Waals surface area contributed by atoms with Crippen LogP contribution in [0.2, 0.25) is 0 Å². The maximum Gasteiger partial charge on any atom is 0.253 e. The summed E-state index contributed by atoms with van der Waals surface area (Å²) in [6, 6.07) is 10.5. The summed E-state index contributed by atoms with van der Waals surface area (Å²) >= 11 is 0. The molecule has 1 amide bonds. The fourth-order valence-electron chi connectivity index (χ4n) is 2.52. The SMILES string of the molecule is N#Cc1ccc(C(=O)N2CC[C@@H](Oc3nccnc3C#N)C2)cc1. The van der Waals surface area contributed by atoms with Gasteiger partial charge >= 0.3 is 0 Å². The summed E-state index contributed by atoms with van der Waals surface area (Å²) in [6.07, 6.45) is 3.32. The van der Waals surface area contributed by atoms with E-state index in [-0.39, 0.29) is 23.6 Å². The summed E-state index contributed by atoms with van der Waals surface area (Å²) in [5.41, 5.74) is 1.18. The molecule has 3 rings (SSSR count). The van der Waals surface area contributed by atoms with Crippen molar-refractivity contribution in [1.29, 1.82) is 10.5 Å². The van der Waals surface area contributed by atoms with Gasteiger partial charge in [-0.2, -0.15) is 10.5 Å². The number of amides is 1. The van der Waals surface area contributed by atoms with Gasteiger partial charge in [0, 0.05) is 30.9 Å². The molecular weight excluding hydrogens is 306 g/mol. The molecule has 0 radical (unpaired) electrons. The number of ether oxygens (including phenoxy) is 1. The standard InChI is InChI=1S/C17H13N5O2/c18-9-12-1-3-13(4-2-12)17(23)22-8-5-14(11-22)24-16-15(10-19)20-6-7-21-16/h1-4,6-7,14H,5,8,11H2/t14-/m1/s1. The monoisotopic (exact) mass is 319 g/mol. The second-order valence-electron chi connectivity index (χ2n) is 5.29. The van der Waals surface area contributed by atoms with E-state index in [4.69, 9.17) is 15.3 Å². The average molecular weight is 319 g/mol. The normalized spacial score (nSPS) is 16.2. The minimum Gasteiger partial charge on any atom is -0.470 e. The molecule has 0 N–H and O–H groups in total. The van der Waals surface area contributed by atoms with Crippen molar-refractivity contribution < 1.29 is 9.53 Å². The molecule has 0 saturated carbocycles. The van der Waals surface area contributed by atoms with Crippen LogP contribution in [0, 0.1) is 22.7 Å². The second kappa shape index (κ2) is 6.76. The van der Waals surface area contributed by atoms with Crippen LogP contribution in [-0.2, 0) is 0 Å². The number of benzene rings is 1. The molecule has 24 heavy (non-hydrogen) atoms. The van der Waals surface area contributed by atoms with Crippen molar-refractivity contribution in [2.45, 2.75) is 12.5 Å². The lowest BCUT2D eigenvalue weighted by Gasteiger charge is -2.17. The summed E-state index contributed by atoms with van der Waals surface area (Å²) in [6.45, 7) is 0.978. The highest BCUT2D eigenvalue weighted by molar-refractivity contribution is 5.94. The Labute approximate surface area is 138 Å². The van der Waals surface area contributed by atoms with Gasteiger partial charge in [0.15, 0.2) is 0 Å². The lowest BCUT2D eigenvalue weighted by atomic mass is 10.1. The van der Waals surface area contributed by atoms with Crippen molar-refractivity contribution in [3.05, 3.63) is 53.5 Å². The summed E-state index contributed by atoms with van der Waals surface area (Å²) < 4.78 is 5.72. The first-order valence-corrected chi connectivity index (χ1v) is 7.38. The molecule has 2 aromatic rings. The van der Waals surface area contributed by atoms with E-state index < -0.39 is 0 Å². The first-order chi connectivity index (χ1) is 11.7. The first kappa shape index (κ1) is 15.4. The Morgan fingerprint density at radius 2 is 1.92 bits per heavy atom. The molecule has 2 heterocycles. The van der Waals surface area contributed by atoms with Gasteiger partial charge in [0.05, 0.1) is 18.2 Å². The lowest BCUT2D eigenvalue weighted by molar-refractivity contribution is 0.0771. The van der Waals surface area contributed by atoms with Crippen molar-refractivity contribution in [1.82, 2.24) is 14.9 Å². The zero-order chi connectivity index (χ0) is 16.9. The smallest absolute Gasteiger partial charge is 0.253 e. The van der Waals surface area contributed by atoms with Gasteiger partial charge in [0.2, 0.25) is 5.69 Å². The molecule has 1 saturated heterocycles. The molecule has 0 aliphatic carbocycles. The largest absolute Gasteiger partial charge is 0.470 e. The third-order valence-electron chi connectivity index (χ3n) is 3.74. The van der Waals surface area contributed by atoms with E-state index in [9.17, 15) is 4.79 Å². The molecule has 7 heteroatoms. The van der Waals surface area contributed by atoms with Crippen molar-refractivity contribution in [3.8, 4) is 18.0 Å². The fourth-order valence-corrected chi connectivity index (χ4v) is 2.52. The van der Waals surface area contributed by atoms with E-state index in [2.05, 4.69) is 9.97 Å². The zero-order valence-corrected chi connectivity index (χ0v) is 12.7. The number of rotatable bonds is 3. The van der Waals surface area contributed by atoms with Gasteiger partial charge in [-0.15, -0.1) is 0 Å². The number of nitriles is 2. The van der Waals surface area contributed by atoms with Crippen LogP contribution in [-0.4, -0.2) is 40.0 Å². The van der Waals surface area contributed by atoms with Crippen LogP contribution in [0.15, 0.2) is 36.7 Å². The van der Waals surface area contributed by atoms with Crippen LogP contribution in [0.5, 0.6) is 5.88 Å². The number of hydrogen-bond donors (Lipinski definition) is 0. The van der Waals surface area contributed by atoms with E-state index >= 15 is 0 Å².